The summed E-state index contributed by atoms with van der Waals surface area (Å²) < 4.78 is 2.11. The summed E-state index contributed by atoms with van der Waals surface area (Å²) in [6.45, 7) is 4.38. The normalized spacial score (nSPS) is 11.4. The Balaban J connectivity index is 0.000000980. The average Bonchev–Trinajstić information content (AvgIpc) is 2.51. The van der Waals surface area contributed by atoms with E-state index in [9.17, 15) is 0 Å². The summed E-state index contributed by atoms with van der Waals surface area (Å²) in [5.41, 5.74) is 3.58. The van der Waals surface area contributed by atoms with E-state index in [4.69, 9.17) is 0 Å². The SMILES string of the molecule is CC(C)c1cc2[nH]ncc2[n+](C)c1.[HH]. The predicted octanol–water partition coefficient (Wildman–Crippen LogP) is 1.76. The van der Waals surface area contributed by atoms with E-state index < -0.39 is 0 Å². The van der Waals surface area contributed by atoms with Gasteiger partial charge >= 0.3 is 0 Å². The van der Waals surface area contributed by atoms with Gasteiger partial charge in [0.25, 0.3) is 0 Å². The number of nitrogens with one attached hydrogen (secondary N) is 1. The lowest BCUT2D eigenvalue weighted by molar-refractivity contribution is -0.645. The van der Waals surface area contributed by atoms with Crippen LogP contribution in [0.25, 0.3) is 11.0 Å². The van der Waals surface area contributed by atoms with Crippen LogP contribution in [0, 0.1) is 0 Å². The molecule has 0 aromatic carbocycles. The summed E-state index contributed by atoms with van der Waals surface area (Å²) >= 11 is 0. The molecule has 0 atom stereocenters. The number of aryl methyl sites for hydroxylation is 1. The molecule has 0 amide bonds. The van der Waals surface area contributed by atoms with E-state index in [2.05, 4.69) is 40.9 Å². The van der Waals surface area contributed by atoms with Crippen LogP contribution in [-0.4, -0.2) is 10.2 Å². The number of pyridine rings is 1. The third-order valence-corrected chi connectivity index (χ3v) is 2.35. The molecule has 3 nitrogen and oxygen atoms in total. The Labute approximate surface area is 78.9 Å². The molecule has 70 valence electrons. The summed E-state index contributed by atoms with van der Waals surface area (Å²) in [5, 5.41) is 7.00. The second kappa shape index (κ2) is 2.83. The maximum atomic E-state index is 4.02. The summed E-state index contributed by atoms with van der Waals surface area (Å²) in [6.07, 6.45) is 4.00. The maximum Gasteiger partial charge on any atom is 0.250 e. The molecule has 2 aromatic rings. The molecular weight excluding hydrogens is 162 g/mol. The fourth-order valence-electron chi connectivity index (χ4n) is 1.49. The molecule has 0 unspecified atom stereocenters. The molecule has 0 bridgehead atoms. The molecule has 2 rings (SSSR count). The highest BCUT2D eigenvalue weighted by molar-refractivity contribution is 5.70. The number of nitrogens with zero attached hydrogens (tertiary/aromatic N) is 2. The van der Waals surface area contributed by atoms with Gasteiger partial charge in [-0.25, -0.2) is 0 Å². The van der Waals surface area contributed by atoms with E-state index in [1.165, 1.54) is 5.56 Å². The Kier molecular flexibility index (Phi) is 1.79. The van der Waals surface area contributed by atoms with Gasteiger partial charge in [0.1, 0.15) is 18.8 Å². The Bertz CT molecular complexity index is 434. The van der Waals surface area contributed by atoms with E-state index >= 15 is 0 Å². The fourth-order valence-corrected chi connectivity index (χ4v) is 1.49. The number of aromatic amines is 1. The first kappa shape index (κ1) is 8.23. The fraction of sp³-hybridized carbons (Fsp3) is 0.400. The highest BCUT2D eigenvalue weighted by Crippen LogP contribution is 2.15. The van der Waals surface area contributed by atoms with Crippen molar-refractivity contribution in [1.82, 2.24) is 10.2 Å². The van der Waals surface area contributed by atoms with Crippen molar-refractivity contribution in [3.8, 4) is 0 Å². The lowest BCUT2D eigenvalue weighted by Gasteiger charge is -2.02. The van der Waals surface area contributed by atoms with E-state index in [-0.39, 0.29) is 1.43 Å². The number of rotatable bonds is 1. The van der Waals surface area contributed by atoms with Crippen molar-refractivity contribution in [2.24, 2.45) is 7.05 Å². The molecule has 3 heteroatoms. The van der Waals surface area contributed by atoms with Crippen LogP contribution in [0.3, 0.4) is 0 Å². The van der Waals surface area contributed by atoms with Crippen molar-refractivity contribution in [2.45, 2.75) is 19.8 Å². The lowest BCUT2D eigenvalue weighted by Crippen LogP contribution is -2.28. The quantitative estimate of drug-likeness (QED) is 0.663. The number of fused-ring (bicyclic) bond motifs is 1. The van der Waals surface area contributed by atoms with Crippen LogP contribution in [0.1, 0.15) is 26.8 Å². The largest absolute Gasteiger partial charge is 0.272 e. The zero-order valence-corrected chi connectivity index (χ0v) is 8.20. The van der Waals surface area contributed by atoms with Crippen LogP contribution in [-0.2, 0) is 7.05 Å². The van der Waals surface area contributed by atoms with Gasteiger partial charge in [0.2, 0.25) is 5.52 Å². The predicted molar refractivity (Wildman–Crippen MR) is 53.5 cm³/mol. The molecule has 2 heterocycles. The van der Waals surface area contributed by atoms with Gasteiger partial charge in [-0.05, 0) is 12.0 Å². The molecular formula is C10H16N3+. The zero-order valence-electron chi connectivity index (χ0n) is 8.20. The van der Waals surface area contributed by atoms with Crippen molar-refractivity contribution < 1.29 is 5.99 Å². The first-order valence-electron chi connectivity index (χ1n) is 4.51. The third-order valence-electron chi connectivity index (χ3n) is 2.35. The molecule has 0 saturated carbocycles. The first-order chi connectivity index (χ1) is 6.18. The number of aromatic nitrogens is 3. The van der Waals surface area contributed by atoms with E-state index in [1.807, 2.05) is 13.2 Å². The van der Waals surface area contributed by atoms with Crippen LogP contribution in [0.4, 0.5) is 0 Å². The summed E-state index contributed by atoms with van der Waals surface area (Å²) in [4.78, 5) is 0. The molecule has 1 N–H and O–H groups in total. The first-order valence-corrected chi connectivity index (χ1v) is 4.51. The monoisotopic (exact) mass is 178 g/mol. The Morgan fingerprint density at radius 3 is 3.00 bits per heavy atom. The average molecular weight is 178 g/mol. The Morgan fingerprint density at radius 1 is 1.54 bits per heavy atom. The topological polar surface area (TPSA) is 32.6 Å². The Morgan fingerprint density at radius 2 is 2.31 bits per heavy atom. The van der Waals surface area contributed by atoms with Crippen LogP contribution in [0.2, 0.25) is 0 Å². The molecule has 0 saturated heterocycles. The maximum absolute atomic E-state index is 4.02. The minimum atomic E-state index is 0. The molecule has 0 aliphatic rings. The summed E-state index contributed by atoms with van der Waals surface area (Å²) in [5.74, 6) is 0.555. The van der Waals surface area contributed by atoms with Crippen molar-refractivity contribution in [1.29, 1.82) is 0 Å². The van der Waals surface area contributed by atoms with Crippen molar-refractivity contribution >= 4 is 11.0 Å². The number of hydrogen-bond acceptors (Lipinski definition) is 1. The van der Waals surface area contributed by atoms with Crippen LogP contribution < -0.4 is 4.57 Å². The van der Waals surface area contributed by atoms with Gasteiger partial charge < -0.3 is 0 Å². The molecule has 0 spiro atoms. The second-order valence-corrected chi connectivity index (χ2v) is 3.71. The molecule has 0 fully saturated rings. The van der Waals surface area contributed by atoms with Gasteiger partial charge in [0, 0.05) is 6.99 Å². The molecule has 2 aromatic heterocycles. The zero-order chi connectivity index (χ0) is 9.42. The van der Waals surface area contributed by atoms with Gasteiger partial charge in [-0.15, -0.1) is 0 Å². The highest BCUT2D eigenvalue weighted by atomic mass is 15.1. The van der Waals surface area contributed by atoms with Crippen LogP contribution in [0.5, 0.6) is 0 Å². The van der Waals surface area contributed by atoms with Gasteiger partial charge in [-0.1, -0.05) is 13.8 Å². The van der Waals surface area contributed by atoms with Crippen LogP contribution in [0.15, 0.2) is 18.5 Å². The summed E-state index contributed by atoms with van der Waals surface area (Å²) in [6, 6.07) is 2.16. The Hall–Kier alpha value is -1.38. The van der Waals surface area contributed by atoms with Gasteiger partial charge in [-0.3, -0.25) is 5.10 Å². The molecule has 13 heavy (non-hydrogen) atoms. The minimum absolute atomic E-state index is 0. The lowest BCUT2D eigenvalue weighted by atomic mass is 10.1. The molecule has 0 radical (unpaired) electrons. The van der Waals surface area contributed by atoms with Gasteiger partial charge in [0.05, 0.1) is 0 Å². The minimum Gasteiger partial charge on any atom is -0.272 e. The van der Waals surface area contributed by atoms with Gasteiger partial charge in [-0.2, -0.15) is 9.67 Å². The van der Waals surface area contributed by atoms with E-state index in [0.717, 1.165) is 11.0 Å². The molecule has 0 aliphatic carbocycles. The van der Waals surface area contributed by atoms with Crippen LogP contribution >= 0.6 is 0 Å². The van der Waals surface area contributed by atoms with Crippen molar-refractivity contribution in [3.63, 3.8) is 0 Å². The number of H-pyrrole nitrogens is 1. The van der Waals surface area contributed by atoms with Gasteiger partial charge in [0.15, 0.2) is 6.20 Å². The molecule has 0 aliphatic heterocycles. The standard InChI is InChI=1S/C10H13N3.H2/c1-7(2)8-4-9-10(5-11-12-9)13(3)6-8;/h4-7H,1-3H3;1H/p+1. The summed E-state index contributed by atoms with van der Waals surface area (Å²) in [7, 11) is 2.05. The second-order valence-electron chi connectivity index (χ2n) is 3.71. The number of hydrogen-bond donors (Lipinski definition) is 1. The van der Waals surface area contributed by atoms with E-state index in [0.29, 0.717) is 5.92 Å². The van der Waals surface area contributed by atoms with E-state index in [1.54, 1.807) is 0 Å². The van der Waals surface area contributed by atoms with Crippen molar-refractivity contribution in [2.75, 3.05) is 0 Å². The highest BCUT2D eigenvalue weighted by Gasteiger charge is 2.10. The third kappa shape index (κ3) is 1.30. The smallest absolute Gasteiger partial charge is 0.250 e. The van der Waals surface area contributed by atoms with Crippen molar-refractivity contribution in [3.05, 3.63) is 24.0 Å².